The Balaban J connectivity index is 2.73. The van der Waals surface area contributed by atoms with Gasteiger partial charge >= 0.3 is 0 Å². The van der Waals surface area contributed by atoms with Crippen LogP contribution in [0, 0.1) is 5.82 Å². The molecular weight excluding hydrogens is 195 g/mol. The minimum atomic E-state index is -0.797. The second kappa shape index (κ2) is 5.51. The average Bonchev–Trinajstić information content (AvgIpc) is 2.17. The maximum atomic E-state index is 13.4. The van der Waals surface area contributed by atoms with Crippen LogP contribution in [0.25, 0.3) is 0 Å². The Kier molecular flexibility index (Phi) is 4.31. The predicted octanol–water partition coefficient (Wildman–Crippen LogP) is 2.83. The maximum absolute atomic E-state index is 13.4. The van der Waals surface area contributed by atoms with Crippen LogP contribution in [-0.4, -0.2) is 11.7 Å². The van der Waals surface area contributed by atoms with Gasteiger partial charge in [0.15, 0.2) is 0 Å². The van der Waals surface area contributed by atoms with Crippen molar-refractivity contribution in [1.82, 2.24) is 0 Å². The lowest BCUT2D eigenvalue weighted by Gasteiger charge is -2.08. The minimum Gasteiger partial charge on any atom is -0.489 e. The van der Waals surface area contributed by atoms with Crippen molar-refractivity contribution in [3.8, 4) is 5.75 Å². The number of rotatable bonds is 4. The first-order valence-electron chi connectivity index (χ1n) is 4.86. The Hall–Kier alpha value is -1.35. The van der Waals surface area contributed by atoms with Gasteiger partial charge in [0.1, 0.15) is 18.2 Å². The maximum Gasteiger partial charge on any atom is 0.132 e. The molecule has 1 unspecified atom stereocenters. The molecule has 0 heterocycles. The highest BCUT2D eigenvalue weighted by atomic mass is 19.1. The van der Waals surface area contributed by atoms with E-state index in [1.807, 2.05) is 19.1 Å². The summed E-state index contributed by atoms with van der Waals surface area (Å²) in [6.45, 7) is 3.84. The van der Waals surface area contributed by atoms with Crippen LogP contribution in [0.1, 0.15) is 25.5 Å². The van der Waals surface area contributed by atoms with Gasteiger partial charge in [0.05, 0.1) is 6.10 Å². The molecule has 1 rings (SSSR count). The van der Waals surface area contributed by atoms with Crippen LogP contribution in [0.4, 0.5) is 4.39 Å². The van der Waals surface area contributed by atoms with Crippen LogP contribution < -0.4 is 4.74 Å². The van der Waals surface area contributed by atoms with Gasteiger partial charge in [-0.15, -0.1) is 0 Å². The van der Waals surface area contributed by atoms with Crippen LogP contribution in [0.5, 0.6) is 5.75 Å². The monoisotopic (exact) mass is 210 g/mol. The number of halogens is 1. The van der Waals surface area contributed by atoms with Crippen molar-refractivity contribution < 1.29 is 14.2 Å². The molecule has 1 aromatic rings. The van der Waals surface area contributed by atoms with Crippen LogP contribution in [-0.2, 0) is 0 Å². The number of hydrogen-bond donors (Lipinski definition) is 1. The predicted molar refractivity (Wildman–Crippen MR) is 57.3 cm³/mol. The molecule has 0 saturated carbocycles. The molecule has 1 atom stereocenters. The second-order valence-corrected chi connectivity index (χ2v) is 3.24. The molecule has 15 heavy (non-hydrogen) atoms. The van der Waals surface area contributed by atoms with E-state index >= 15 is 0 Å². The van der Waals surface area contributed by atoms with Gasteiger partial charge in [0.25, 0.3) is 0 Å². The molecule has 0 radical (unpaired) electrons. The largest absolute Gasteiger partial charge is 0.489 e. The smallest absolute Gasteiger partial charge is 0.132 e. The first-order valence-corrected chi connectivity index (χ1v) is 4.86. The number of aliphatic hydroxyl groups is 1. The Morgan fingerprint density at radius 1 is 1.53 bits per heavy atom. The zero-order chi connectivity index (χ0) is 11.3. The molecule has 0 aliphatic heterocycles. The Labute approximate surface area is 89.0 Å². The summed E-state index contributed by atoms with van der Waals surface area (Å²) >= 11 is 0. The summed E-state index contributed by atoms with van der Waals surface area (Å²) in [5.41, 5.74) is 0.286. The van der Waals surface area contributed by atoms with E-state index in [4.69, 9.17) is 4.74 Å². The number of aliphatic hydroxyl groups excluding tert-OH is 1. The number of ether oxygens (including phenoxy) is 1. The van der Waals surface area contributed by atoms with Gasteiger partial charge < -0.3 is 9.84 Å². The topological polar surface area (TPSA) is 29.5 Å². The first kappa shape index (κ1) is 11.7. The standard InChI is InChI=1S/C12H15FO2/c1-3-4-7-15-10-5-6-11(9(2)14)12(13)8-10/h3-6,8-9,14H,7H2,1-2H3/b4-3+. The van der Waals surface area contributed by atoms with Crippen molar-refractivity contribution in [2.75, 3.05) is 6.61 Å². The summed E-state index contributed by atoms with van der Waals surface area (Å²) in [5.74, 6) is 0.0259. The van der Waals surface area contributed by atoms with Crippen molar-refractivity contribution in [1.29, 1.82) is 0 Å². The molecule has 3 heteroatoms. The SMILES string of the molecule is C/C=C/COc1ccc(C(C)O)c(F)c1. The highest BCUT2D eigenvalue weighted by Crippen LogP contribution is 2.21. The third-order valence-corrected chi connectivity index (χ3v) is 2.00. The van der Waals surface area contributed by atoms with Crippen LogP contribution in [0.2, 0.25) is 0 Å². The summed E-state index contributed by atoms with van der Waals surface area (Å²) in [4.78, 5) is 0. The van der Waals surface area contributed by atoms with Crippen molar-refractivity contribution in [2.24, 2.45) is 0 Å². The zero-order valence-corrected chi connectivity index (χ0v) is 8.90. The second-order valence-electron chi connectivity index (χ2n) is 3.24. The Morgan fingerprint density at radius 2 is 2.27 bits per heavy atom. The lowest BCUT2D eigenvalue weighted by molar-refractivity contribution is 0.194. The van der Waals surface area contributed by atoms with E-state index in [1.54, 1.807) is 6.07 Å². The molecule has 0 amide bonds. The third kappa shape index (κ3) is 3.36. The fourth-order valence-electron chi connectivity index (χ4n) is 1.18. The fraction of sp³-hybridized carbons (Fsp3) is 0.333. The summed E-state index contributed by atoms with van der Waals surface area (Å²) in [5, 5.41) is 9.22. The molecule has 82 valence electrons. The lowest BCUT2D eigenvalue weighted by atomic mass is 10.1. The van der Waals surface area contributed by atoms with E-state index in [9.17, 15) is 9.50 Å². The van der Waals surface area contributed by atoms with E-state index in [0.717, 1.165) is 0 Å². The number of benzene rings is 1. The van der Waals surface area contributed by atoms with Gasteiger partial charge in [0, 0.05) is 11.6 Å². The quantitative estimate of drug-likeness (QED) is 0.774. The molecule has 0 aromatic heterocycles. The molecule has 0 saturated heterocycles. The van der Waals surface area contributed by atoms with Crippen molar-refractivity contribution in [3.05, 3.63) is 41.7 Å². The summed E-state index contributed by atoms with van der Waals surface area (Å²) in [6, 6.07) is 4.46. The Morgan fingerprint density at radius 3 is 2.80 bits per heavy atom. The highest BCUT2D eigenvalue weighted by Gasteiger charge is 2.08. The molecular formula is C12H15FO2. The Bertz CT molecular complexity index is 345. The molecule has 2 nitrogen and oxygen atoms in total. The fourth-order valence-corrected chi connectivity index (χ4v) is 1.18. The third-order valence-electron chi connectivity index (χ3n) is 2.00. The molecule has 0 aliphatic rings. The summed E-state index contributed by atoms with van der Waals surface area (Å²) in [7, 11) is 0. The first-order chi connectivity index (χ1) is 7.15. The van der Waals surface area contributed by atoms with Crippen molar-refractivity contribution in [2.45, 2.75) is 20.0 Å². The summed E-state index contributed by atoms with van der Waals surface area (Å²) < 4.78 is 18.6. The van der Waals surface area contributed by atoms with E-state index in [0.29, 0.717) is 12.4 Å². The van der Waals surface area contributed by atoms with Crippen molar-refractivity contribution >= 4 is 0 Å². The van der Waals surface area contributed by atoms with E-state index in [1.165, 1.54) is 19.1 Å². The summed E-state index contributed by atoms with van der Waals surface area (Å²) in [6.07, 6.45) is 2.90. The van der Waals surface area contributed by atoms with Crippen LogP contribution in [0.15, 0.2) is 30.4 Å². The van der Waals surface area contributed by atoms with Gasteiger partial charge in [-0.3, -0.25) is 0 Å². The van der Waals surface area contributed by atoms with Crippen LogP contribution >= 0.6 is 0 Å². The molecule has 0 fully saturated rings. The molecule has 1 aromatic carbocycles. The molecule has 1 N–H and O–H groups in total. The van der Waals surface area contributed by atoms with Gasteiger partial charge in [-0.2, -0.15) is 0 Å². The normalized spacial score (nSPS) is 13.1. The van der Waals surface area contributed by atoms with Gasteiger partial charge in [-0.25, -0.2) is 4.39 Å². The van der Waals surface area contributed by atoms with E-state index in [2.05, 4.69) is 0 Å². The van der Waals surface area contributed by atoms with Gasteiger partial charge in [-0.05, 0) is 26.0 Å². The van der Waals surface area contributed by atoms with Crippen LogP contribution in [0.3, 0.4) is 0 Å². The van der Waals surface area contributed by atoms with Crippen molar-refractivity contribution in [3.63, 3.8) is 0 Å². The number of hydrogen-bond acceptors (Lipinski definition) is 2. The average molecular weight is 210 g/mol. The lowest BCUT2D eigenvalue weighted by Crippen LogP contribution is -1.98. The van der Waals surface area contributed by atoms with Gasteiger partial charge in [-0.1, -0.05) is 12.2 Å². The van der Waals surface area contributed by atoms with Gasteiger partial charge in [0.2, 0.25) is 0 Å². The molecule has 0 spiro atoms. The minimum absolute atomic E-state index is 0.286. The highest BCUT2D eigenvalue weighted by molar-refractivity contribution is 5.30. The molecule has 0 aliphatic carbocycles. The van der Waals surface area contributed by atoms with E-state index in [-0.39, 0.29) is 5.56 Å². The van der Waals surface area contributed by atoms with E-state index < -0.39 is 11.9 Å². The zero-order valence-electron chi connectivity index (χ0n) is 8.90. The molecule has 0 bridgehead atoms. The number of allylic oxidation sites excluding steroid dienone is 1.